The third-order valence-corrected chi connectivity index (χ3v) is 4.84. The molecule has 0 spiro atoms. The van der Waals surface area contributed by atoms with Crippen LogP contribution in [0.3, 0.4) is 0 Å². The van der Waals surface area contributed by atoms with Crippen molar-refractivity contribution in [1.82, 2.24) is 15.3 Å². The van der Waals surface area contributed by atoms with Gasteiger partial charge in [-0.1, -0.05) is 37.6 Å². The molecule has 2 N–H and O–H groups in total. The lowest BCUT2D eigenvalue weighted by Crippen LogP contribution is -2.26. The monoisotopic (exact) mass is 364 g/mol. The van der Waals surface area contributed by atoms with Gasteiger partial charge in [-0.3, -0.25) is 4.79 Å². The summed E-state index contributed by atoms with van der Waals surface area (Å²) in [6.45, 7) is 4.98. The van der Waals surface area contributed by atoms with E-state index in [1.165, 1.54) is 30.4 Å². The Morgan fingerprint density at radius 3 is 2.67 bits per heavy atom. The van der Waals surface area contributed by atoms with E-state index in [0.717, 1.165) is 18.5 Å². The van der Waals surface area contributed by atoms with Gasteiger partial charge in [0.1, 0.15) is 5.69 Å². The van der Waals surface area contributed by atoms with Crippen LogP contribution < -0.4 is 10.6 Å². The number of hydrogen-bond acceptors (Lipinski definition) is 4. The summed E-state index contributed by atoms with van der Waals surface area (Å²) in [6.07, 6.45) is 9.72. The van der Waals surface area contributed by atoms with Crippen LogP contribution in [-0.4, -0.2) is 22.4 Å². The summed E-state index contributed by atoms with van der Waals surface area (Å²) >= 11 is 0. The van der Waals surface area contributed by atoms with E-state index in [9.17, 15) is 4.79 Å². The van der Waals surface area contributed by atoms with Crippen LogP contribution in [0.1, 0.15) is 67.9 Å². The van der Waals surface area contributed by atoms with Gasteiger partial charge in [-0.25, -0.2) is 9.97 Å². The van der Waals surface area contributed by atoms with E-state index in [4.69, 9.17) is 0 Å². The first kappa shape index (κ1) is 19.1. The molecule has 142 valence electrons. The molecule has 3 rings (SSSR count). The van der Waals surface area contributed by atoms with E-state index in [1.54, 1.807) is 12.3 Å². The topological polar surface area (TPSA) is 66.9 Å². The Bertz CT molecular complexity index is 796. The summed E-state index contributed by atoms with van der Waals surface area (Å²) in [5, 5.41) is 6.12. The molecule has 1 aromatic carbocycles. The molecule has 0 unspecified atom stereocenters. The molecule has 1 aliphatic carbocycles. The van der Waals surface area contributed by atoms with Crippen LogP contribution in [0.5, 0.6) is 0 Å². The zero-order valence-corrected chi connectivity index (χ0v) is 16.2. The van der Waals surface area contributed by atoms with Crippen molar-refractivity contribution in [1.29, 1.82) is 0 Å². The standard InChI is InChI=1S/C22H28N4O/c1-16(2)18-8-10-19(11-9-18)25-22-24-15-13-20(26-22)21(27)23-14-12-17-6-4-3-5-7-17/h6,8-11,13,15-16H,3-5,7,12,14H2,1-2H3,(H,23,27)(H,24,25,26). The summed E-state index contributed by atoms with van der Waals surface area (Å²) in [7, 11) is 0. The first-order valence-electron chi connectivity index (χ1n) is 9.78. The zero-order valence-electron chi connectivity index (χ0n) is 16.2. The molecule has 1 aliphatic rings. The van der Waals surface area contributed by atoms with E-state index in [-0.39, 0.29) is 5.91 Å². The minimum absolute atomic E-state index is 0.160. The molecule has 27 heavy (non-hydrogen) atoms. The second-order valence-corrected chi connectivity index (χ2v) is 7.28. The van der Waals surface area contributed by atoms with Gasteiger partial charge in [0.05, 0.1) is 0 Å². The van der Waals surface area contributed by atoms with Gasteiger partial charge < -0.3 is 10.6 Å². The first-order chi connectivity index (χ1) is 13.1. The molecule has 5 heteroatoms. The molecular formula is C22H28N4O. The van der Waals surface area contributed by atoms with Crippen molar-refractivity contribution in [2.75, 3.05) is 11.9 Å². The fourth-order valence-corrected chi connectivity index (χ4v) is 3.18. The predicted octanol–water partition coefficient (Wildman–Crippen LogP) is 4.96. The van der Waals surface area contributed by atoms with Crippen LogP contribution in [0, 0.1) is 0 Å². The highest BCUT2D eigenvalue weighted by molar-refractivity contribution is 5.92. The summed E-state index contributed by atoms with van der Waals surface area (Å²) in [5.74, 6) is 0.758. The Hall–Kier alpha value is -2.69. The quantitative estimate of drug-likeness (QED) is 0.681. The number of carbonyl (C=O) groups is 1. The number of nitrogens with zero attached hydrogens (tertiary/aromatic N) is 2. The molecule has 1 aromatic heterocycles. The molecule has 0 radical (unpaired) electrons. The normalized spacial score (nSPS) is 14.0. The molecule has 0 atom stereocenters. The van der Waals surface area contributed by atoms with Crippen molar-refractivity contribution < 1.29 is 4.79 Å². The average molecular weight is 364 g/mol. The molecule has 0 saturated heterocycles. The van der Waals surface area contributed by atoms with Gasteiger partial charge in [0, 0.05) is 18.4 Å². The second-order valence-electron chi connectivity index (χ2n) is 7.28. The maximum atomic E-state index is 12.4. The Kier molecular flexibility index (Phi) is 6.58. The van der Waals surface area contributed by atoms with Gasteiger partial charge >= 0.3 is 0 Å². The van der Waals surface area contributed by atoms with Gasteiger partial charge in [0.15, 0.2) is 0 Å². The van der Waals surface area contributed by atoms with E-state index in [0.29, 0.717) is 24.1 Å². The van der Waals surface area contributed by atoms with E-state index < -0.39 is 0 Å². The van der Waals surface area contributed by atoms with Crippen LogP contribution in [0.15, 0.2) is 48.2 Å². The fourth-order valence-electron chi connectivity index (χ4n) is 3.18. The van der Waals surface area contributed by atoms with Gasteiger partial charge in [-0.15, -0.1) is 0 Å². The van der Waals surface area contributed by atoms with Gasteiger partial charge in [-0.05, 0) is 61.8 Å². The van der Waals surface area contributed by atoms with Crippen LogP contribution >= 0.6 is 0 Å². The number of hydrogen-bond donors (Lipinski definition) is 2. The van der Waals surface area contributed by atoms with Gasteiger partial charge in [-0.2, -0.15) is 0 Å². The maximum absolute atomic E-state index is 12.4. The predicted molar refractivity (Wildman–Crippen MR) is 109 cm³/mol. The minimum Gasteiger partial charge on any atom is -0.350 e. The summed E-state index contributed by atoms with van der Waals surface area (Å²) in [5.41, 5.74) is 4.02. The van der Waals surface area contributed by atoms with Gasteiger partial charge in [0.25, 0.3) is 5.91 Å². The van der Waals surface area contributed by atoms with Crippen molar-refractivity contribution in [3.05, 3.63) is 59.4 Å². The SMILES string of the molecule is CC(C)c1ccc(Nc2nccc(C(=O)NCCC3=CCCCC3)n2)cc1. The number of anilines is 2. The molecule has 1 heterocycles. The fraction of sp³-hybridized carbons (Fsp3) is 0.409. The van der Waals surface area contributed by atoms with Crippen molar-refractivity contribution in [2.45, 2.75) is 51.9 Å². The lowest BCUT2D eigenvalue weighted by molar-refractivity contribution is 0.0949. The third-order valence-electron chi connectivity index (χ3n) is 4.84. The maximum Gasteiger partial charge on any atom is 0.270 e. The van der Waals surface area contributed by atoms with Crippen LogP contribution in [0.2, 0.25) is 0 Å². The number of rotatable bonds is 7. The molecule has 0 saturated carbocycles. The molecule has 0 fully saturated rings. The van der Waals surface area contributed by atoms with Crippen molar-refractivity contribution in [2.24, 2.45) is 0 Å². The van der Waals surface area contributed by atoms with E-state index >= 15 is 0 Å². The Labute approximate surface area is 161 Å². The van der Waals surface area contributed by atoms with Crippen LogP contribution in [-0.2, 0) is 0 Å². The largest absolute Gasteiger partial charge is 0.350 e. The van der Waals surface area contributed by atoms with Crippen molar-refractivity contribution in [3.8, 4) is 0 Å². The summed E-state index contributed by atoms with van der Waals surface area (Å²) in [4.78, 5) is 20.9. The smallest absolute Gasteiger partial charge is 0.270 e. The van der Waals surface area contributed by atoms with Crippen LogP contribution in [0.4, 0.5) is 11.6 Å². The Balaban J connectivity index is 1.55. The van der Waals surface area contributed by atoms with Crippen molar-refractivity contribution >= 4 is 17.5 Å². The second kappa shape index (κ2) is 9.31. The summed E-state index contributed by atoms with van der Waals surface area (Å²) < 4.78 is 0. The highest BCUT2D eigenvalue weighted by atomic mass is 16.1. The number of carbonyl (C=O) groups excluding carboxylic acids is 1. The van der Waals surface area contributed by atoms with Crippen LogP contribution in [0.25, 0.3) is 0 Å². The molecule has 0 aliphatic heterocycles. The van der Waals surface area contributed by atoms with Gasteiger partial charge in [0.2, 0.25) is 5.95 Å². The molecular weight excluding hydrogens is 336 g/mol. The number of allylic oxidation sites excluding steroid dienone is 1. The Morgan fingerprint density at radius 1 is 1.15 bits per heavy atom. The molecule has 0 bridgehead atoms. The number of benzene rings is 1. The zero-order chi connectivity index (χ0) is 19.1. The lowest BCUT2D eigenvalue weighted by atomic mass is 9.97. The molecule has 5 nitrogen and oxygen atoms in total. The third kappa shape index (κ3) is 5.64. The molecule has 2 aromatic rings. The minimum atomic E-state index is -0.160. The van der Waals surface area contributed by atoms with Crippen molar-refractivity contribution in [3.63, 3.8) is 0 Å². The number of nitrogens with one attached hydrogen (secondary N) is 2. The average Bonchev–Trinajstić information content (AvgIpc) is 2.69. The lowest BCUT2D eigenvalue weighted by Gasteiger charge is -2.13. The highest BCUT2D eigenvalue weighted by Gasteiger charge is 2.10. The highest BCUT2D eigenvalue weighted by Crippen LogP contribution is 2.20. The van der Waals surface area contributed by atoms with E-state index in [1.807, 2.05) is 12.1 Å². The summed E-state index contributed by atoms with van der Waals surface area (Å²) in [6, 6.07) is 9.82. The number of aromatic nitrogens is 2. The van der Waals surface area contributed by atoms with E-state index in [2.05, 4.69) is 52.7 Å². The molecule has 1 amide bonds. The first-order valence-corrected chi connectivity index (χ1v) is 9.78. The Morgan fingerprint density at radius 2 is 1.96 bits per heavy atom. The number of amides is 1.